The molecule has 0 atom stereocenters. The average molecular weight is 449 g/mol. The number of esters is 1. The van der Waals surface area contributed by atoms with Crippen LogP contribution in [0.1, 0.15) is 26.3 Å². The third kappa shape index (κ3) is 3.84. The van der Waals surface area contributed by atoms with Gasteiger partial charge in [-0.2, -0.15) is 0 Å². The van der Waals surface area contributed by atoms with Crippen molar-refractivity contribution in [1.29, 1.82) is 0 Å². The molecule has 0 aromatic heterocycles. The molecule has 2 aromatic rings. The van der Waals surface area contributed by atoms with Gasteiger partial charge in [0, 0.05) is 5.69 Å². The van der Waals surface area contributed by atoms with E-state index in [4.69, 9.17) is 4.74 Å². The summed E-state index contributed by atoms with van der Waals surface area (Å²) in [5.74, 6) is -1.19. The SMILES string of the molecule is CSC1=C2C(=O)N(CC(=O)OC(C)(C)C)C(c3ccccc3)=C2C(=O)N1c1ccccc1. The Morgan fingerprint density at radius 3 is 2.06 bits per heavy atom. The summed E-state index contributed by atoms with van der Waals surface area (Å²) < 4.78 is 5.45. The predicted molar refractivity (Wildman–Crippen MR) is 125 cm³/mol. The van der Waals surface area contributed by atoms with Crippen LogP contribution < -0.4 is 4.90 Å². The molecular formula is C25H24N2O4S. The van der Waals surface area contributed by atoms with E-state index >= 15 is 0 Å². The minimum absolute atomic E-state index is 0.270. The summed E-state index contributed by atoms with van der Waals surface area (Å²) in [7, 11) is 0. The number of rotatable bonds is 5. The van der Waals surface area contributed by atoms with E-state index in [0.717, 1.165) is 0 Å². The first kappa shape index (κ1) is 21.9. The van der Waals surface area contributed by atoms with Crippen molar-refractivity contribution in [2.24, 2.45) is 0 Å². The highest BCUT2D eigenvalue weighted by molar-refractivity contribution is 8.02. The average Bonchev–Trinajstić information content (AvgIpc) is 3.20. The molecule has 0 bridgehead atoms. The second-order valence-electron chi connectivity index (χ2n) is 8.43. The van der Waals surface area contributed by atoms with Gasteiger partial charge in [0.15, 0.2) is 0 Å². The Kier molecular flexibility index (Phi) is 5.69. The van der Waals surface area contributed by atoms with Crippen molar-refractivity contribution >= 4 is 40.9 Å². The number of fused-ring (bicyclic) bond motifs is 1. The van der Waals surface area contributed by atoms with Crippen molar-refractivity contribution < 1.29 is 19.1 Å². The monoisotopic (exact) mass is 448 g/mol. The fourth-order valence-corrected chi connectivity index (χ4v) is 4.64. The first-order valence-corrected chi connectivity index (χ1v) is 11.5. The van der Waals surface area contributed by atoms with E-state index in [2.05, 4.69) is 0 Å². The minimum Gasteiger partial charge on any atom is -0.459 e. The van der Waals surface area contributed by atoms with Gasteiger partial charge >= 0.3 is 5.97 Å². The van der Waals surface area contributed by atoms with Crippen molar-refractivity contribution in [3.8, 4) is 0 Å². The highest BCUT2D eigenvalue weighted by Crippen LogP contribution is 2.47. The van der Waals surface area contributed by atoms with E-state index in [9.17, 15) is 14.4 Å². The quantitative estimate of drug-likeness (QED) is 0.642. The lowest BCUT2D eigenvalue weighted by atomic mass is 10.0. The van der Waals surface area contributed by atoms with Crippen LogP contribution in [0.2, 0.25) is 0 Å². The lowest BCUT2D eigenvalue weighted by molar-refractivity contribution is -0.156. The largest absolute Gasteiger partial charge is 0.459 e. The summed E-state index contributed by atoms with van der Waals surface area (Å²) in [6.07, 6.45) is 1.83. The number of amides is 2. The summed E-state index contributed by atoms with van der Waals surface area (Å²) in [6, 6.07) is 18.4. The second kappa shape index (κ2) is 8.31. The molecule has 0 N–H and O–H groups in total. The van der Waals surface area contributed by atoms with Gasteiger partial charge in [-0.3, -0.25) is 24.2 Å². The number of benzene rings is 2. The molecule has 7 heteroatoms. The molecule has 2 aliphatic rings. The normalized spacial score (nSPS) is 16.2. The number of carbonyl (C=O) groups is 3. The van der Waals surface area contributed by atoms with Crippen molar-refractivity contribution in [2.75, 3.05) is 17.7 Å². The van der Waals surface area contributed by atoms with Crippen molar-refractivity contribution in [2.45, 2.75) is 26.4 Å². The molecule has 6 nitrogen and oxygen atoms in total. The van der Waals surface area contributed by atoms with Gasteiger partial charge in [-0.1, -0.05) is 48.5 Å². The molecule has 0 unspecified atom stereocenters. The van der Waals surface area contributed by atoms with Crippen LogP contribution in [-0.2, 0) is 19.1 Å². The van der Waals surface area contributed by atoms with Gasteiger partial charge in [-0.15, -0.1) is 11.8 Å². The molecule has 2 heterocycles. The van der Waals surface area contributed by atoms with Gasteiger partial charge < -0.3 is 4.74 Å². The minimum atomic E-state index is -0.681. The van der Waals surface area contributed by atoms with Crippen LogP contribution in [0.25, 0.3) is 5.70 Å². The van der Waals surface area contributed by atoms with Gasteiger partial charge in [0.2, 0.25) is 0 Å². The van der Waals surface area contributed by atoms with Gasteiger partial charge in [-0.05, 0) is 44.7 Å². The smallest absolute Gasteiger partial charge is 0.326 e. The summed E-state index contributed by atoms with van der Waals surface area (Å²) in [4.78, 5) is 42.8. The number of nitrogens with zero attached hydrogens (tertiary/aromatic N) is 2. The molecular weight excluding hydrogens is 424 g/mol. The van der Waals surface area contributed by atoms with Gasteiger partial charge in [-0.25, -0.2) is 0 Å². The van der Waals surface area contributed by atoms with E-state index in [1.807, 2.05) is 66.9 Å². The molecule has 0 saturated carbocycles. The van der Waals surface area contributed by atoms with Gasteiger partial charge in [0.05, 0.1) is 21.9 Å². The van der Waals surface area contributed by atoms with Crippen LogP contribution in [0, 0.1) is 0 Å². The van der Waals surface area contributed by atoms with Crippen LogP contribution in [0.3, 0.4) is 0 Å². The van der Waals surface area contributed by atoms with Crippen molar-refractivity contribution in [3.05, 3.63) is 82.4 Å². The van der Waals surface area contributed by atoms with E-state index in [1.165, 1.54) is 16.7 Å². The fourth-order valence-electron chi connectivity index (χ4n) is 3.87. The molecule has 0 aliphatic carbocycles. The highest BCUT2D eigenvalue weighted by Gasteiger charge is 2.49. The number of para-hydroxylation sites is 1. The van der Waals surface area contributed by atoms with Crippen molar-refractivity contribution in [3.63, 3.8) is 0 Å². The molecule has 0 saturated heterocycles. The number of carbonyl (C=O) groups excluding carboxylic acids is 3. The Bertz CT molecular complexity index is 1150. The fraction of sp³-hybridized carbons (Fsp3) is 0.240. The number of ether oxygens (including phenoxy) is 1. The maximum atomic E-state index is 13.7. The Morgan fingerprint density at radius 2 is 1.50 bits per heavy atom. The maximum absolute atomic E-state index is 13.7. The zero-order valence-electron chi connectivity index (χ0n) is 18.4. The first-order valence-electron chi connectivity index (χ1n) is 10.2. The van der Waals surface area contributed by atoms with E-state index in [-0.39, 0.29) is 18.4 Å². The summed E-state index contributed by atoms with van der Waals surface area (Å²) in [5, 5.41) is 0.557. The number of thioether (sulfide) groups is 1. The van der Waals surface area contributed by atoms with E-state index < -0.39 is 11.6 Å². The zero-order valence-corrected chi connectivity index (χ0v) is 19.2. The highest BCUT2D eigenvalue weighted by atomic mass is 32.2. The van der Waals surface area contributed by atoms with E-state index in [1.54, 1.807) is 25.7 Å². The number of hydrogen-bond donors (Lipinski definition) is 0. The standard InChI is InChI=1S/C25H24N2O4S/c1-25(2,3)31-18(28)15-26-21(16-11-7-5-8-12-16)19-20(22(26)29)24(32-4)27(23(19)30)17-13-9-6-10-14-17/h5-14H,15H2,1-4H3. The summed E-state index contributed by atoms with van der Waals surface area (Å²) >= 11 is 1.33. The Hall–Kier alpha value is -3.32. The van der Waals surface area contributed by atoms with Crippen LogP contribution in [0.5, 0.6) is 0 Å². The Labute approximate surface area is 191 Å². The Balaban J connectivity index is 1.86. The lowest BCUT2D eigenvalue weighted by Gasteiger charge is -2.26. The van der Waals surface area contributed by atoms with Crippen LogP contribution in [0.4, 0.5) is 5.69 Å². The first-order chi connectivity index (χ1) is 15.2. The molecule has 164 valence electrons. The van der Waals surface area contributed by atoms with Gasteiger partial charge in [0.1, 0.15) is 12.1 Å². The molecule has 2 aromatic carbocycles. The molecule has 0 radical (unpaired) electrons. The molecule has 0 fully saturated rings. The molecule has 32 heavy (non-hydrogen) atoms. The van der Waals surface area contributed by atoms with Gasteiger partial charge in [0.25, 0.3) is 11.8 Å². The predicted octanol–water partition coefficient (Wildman–Crippen LogP) is 4.20. The number of hydrogen-bond acceptors (Lipinski definition) is 5. The summed E-state index contributed by atoms with van der Waals surface area (Å²) in [6.45, 7) is 5.06. The molecule has 2 amide bonds. The molecule has 4 rings (SSSR count). The van der Waals surface area contributed by atoms with Crippen LogP contribution >= 0.6 is 11.8 Å². The maximum Gasteiger partial charge on any atom is 0.326 e. The lowest BCUT2D eigenvalue weighted by Crippen LogP contribution is -2.36. The molecule has 2 aliphatic heterocycles. The topological polar surface area (TPSA) is 66.9 Å². The third-order valence-corrected chi connectivity index (χ3v) is 5.79. The van der Waals surface area contributed by atoms with Crippen LogP contribution in [-0.4, -0.2) is 41.1 Å². The summed E-state index contributed by atoms with van der Waals surface area (Å²) in [5.41, 5.74) is 1.78. The van der Waals surface area contributed by atoms with E-state index in [0.29, 0.717) is 33.1 Å². The number of anilines is 1. The Morgan fingerprint density at radius 1 is 0.906 bits per heavy atom. The third-order valence-electron chi connectivity index (χ3n) is 5.01. The molecule has 0 spiro atoms. The zero-order chi connectivity index (χ0) is 23.0. The van der Waals surface area contributed by atoms with Crippen LogP contribution in [0.15, 0.2) is 76.8 Å². The second-order valence-corrected chi connectivity index (χ2v) is 9.22. The van der Waals surface area contributed by atoms with Crippen molar-refractivity contribution in [1.82, 2.24) is 4.90 Å².